The average molecular weight is 87.7 g/mol. The van der Waals surface area contributed by atoms with Crippen LogP contribution in [0.1, 0.15) is 0 Å². The minimum absolute atomic E-state index is 0. The molecule has 2 nitrogen and oxygen atoms in total. The van der Waals surface area contributed by atoms with Crippen molar-refractivity contribution in [2.24, 2.45) is 0 Å². The summed E-state index contributed by atoms with van der Waals surface area (Å²) in [6.07, 6.45) is 0. The minimum Gasteiger partial charge on any atom is -0.222 e. The molecule has 0 atom stereocenters. The summed E-state index contributed by atoms with van der Waals surface area (Å²) in [5.41, 5.74) is 0. The van der Waals surface area contributed by atoms with Gasteiger partial charge in [0.15, 0.2) is 0 Å². The Bertz CT molecular complexity index is 19.0. The predicted molar refractivity (Wildman–Crippen MR) is 15.9 cm³/mol. The van der Waals surface area contributed by atoms with Gasteiger partial charge in [-0.25, -0.2) is 9.72 Å². The van der Waals surface area contributed by atoms with Gasteiger partial charge in [-0.05, 0) is 0 Å². The quantitative estimate of drug-likeness (QED) is 0.440. The Morgan fingerprint density at radius 3 is 1.50 bits per heavy atom. The van der Waals surface area contributed by atoms with E-state index in [2.05, 4.69) is 9.72 Å². The zero-order valence-electron chi connectivity index (χ0n) is 3.15. The van der Waals surface area contributed by atoms with Crippen LogP contribution >= 0.6 is 0 Å². The molecule has 0 amide bonds. The van der Waals surface area contributed by atoms with Crippen LogP contribution in [0, 0.1) is 0 Å². The summed E-state index contributed by atoms with van der Waals surface area (Å²) < 4.78 is 20.1. The number of hydrogen-bond acceptors (Lipinski definition) is 2. The third-order valence-electron chi connectivity index (χ3n) is 0.0727. The van der Waals surface area contributed by atoms with Crippen LogP contribution in [-0.2, 0) is 9.72 Å². The molecule has 0 aromatic heterocycles. The normalized spacial score (nSPS) is 6.33. The average Bonchev–Trinajstić information content (AvgIpc) is 1.41. The van der Waals surface area contributed by atoms with E-state index >= 15 is 0 Å². The van der Waals surface area contributed by atoms with Gasteiger partial charge in [-0.15, -0.1) is 0 Å². The maximum atomic E-state index is 10.1. The van der Waals surface area contributed by atoms with Gasteiger partial charge in [0.1, 0.15) is 0 Å². The molecule has 0 saturated heterocycles. The van der Waals surface area contributed by atoms with Crippen molar-refractivity contribution in [1.82, 2.24) is 0 Å². The molecule has 30 valence electrons. The summed E-state index contributed by atoms with van der Waals surface area (Å²) in [5.74, 6) is 0. The molecule has 0 aliphatic carbocycles. The molecule has 6 heteroatoms. The maximum absolute atomic E-state index is 10.1. The Kier molecular flexibility index (Phi) is 14.6. The molecule has 0 aromatic carbocycles. The maximum Gasteiger partial charge on any atom is 0.573 e. The van der Waals surface area contributed by atoms with Crippen molar-refractivity contribution in [3.8, 4) is 0 Å². The molecule has 0 rings (SSSR count). The van der Waals surface area contributed by atoms with Crippen LogP contribution in [0.2, 0.25) is 0 Å². The second-order valence-corrected chi connectivity index (χ2v) is 0.274. The SMILES string of the molecule is FO[B]OF.[Li]. The van der Waals surface area contributed by atoms with Gasteiger partial charge in [-0.2, -0.15) is 0 Å². The summed E-state index contributed by atoms with van der Waals surface area (Å²) >= 11 is 0. The smallest absolute Gasteiger partial charge is 0.222 e. The molecule has 0 aliphatic rings. The first kappa shape index (κ1) is 9.67. The summed E-state index contributed by atoms with van der Waals surface area (Å²) in [7, 11) is -0.0833. The van der Waals surface area contributed by atoms with Crippen molar-refractivity contribution in [2.75, 3.05) is 0 Å². The van der Waals surface area contributed by atoms with E-state index in [1.165, 1.54) is 0 Å². The van der Waals surface area contributed by atoms with E-state index in [9.17, 15) is 9.05 Å². The minimum atomic E-state index is -0.0833. The van der Waals surface area contributed by atoms with E-state index < -0.39 is 0 Å². The van der Waals surface area contributed by atoms with E-state index in [1.54, 1.807) is 0 Å². The van der Waals surface area contributed by atoms with Gasteiger partial charge in [0.05, 0.1) is 0 Å². The number of rotatable bonds is 2. The van der Waals surface area contributed by atoms with Crippen molar-refractivity contribution < 1.29 is 18.8 Å². The molecule has 0 fully saturated rings. The number of hydrogen-bond donors (Lipinski definition) is 0. The monoisotopic (exact) mass is 88.0 g/mol. The first-order valence-electron chi connectivity index (χ1n) is 0.780. The van der Waals surface area contributed by atoms with Crippen molar-refractivity contribution in [1.29, 1.82) is 0 Å². The van der Waals surface area contributed by atoms with Crippen LogP contribution in [0.25, 0.3) is 0 Å². The third-order valence-corrected chi connectivity index (χ3v) is 0.0727. The summed E-state index contributed by atoms with van der Waals surface area (Å²) in [6, 6.07) is 0. The molecule has 0 N–H and O–H groups in total. The number of halogens is 2. The molecule has 0 spiro atoms. The van der Waals surface area contributed by atoms with Gasteiger partial charge < -0.3 is 0 Å². The third kappa shape index (κ3) is 8.82. The molecule has 0 saturated carbocycles. The molecule has 0 unspecified atom stereocenters. The Morgan fingerprint density at radius 1 is 1.17 bits per heavy atom. The van der Waals surface area contributed by atoms with Crippen LogP contribution in [0.5, 0.6) is 0 Å². The fraction of sp³-hybridized carbons (Fsp3) is 0. The van der Waals surface area contributed by atoms with E-state index in [0.29, 0.717) is 0 Å². The Hall–Kier alpha value is 0.442. The van der Waals surface area contributed by atoms with Crippen LogP contribution in [-0.4, -0.2) is 26.5 Å². The topological polar surface area (TPSA) is 18.5 Å². The molecule has 6 heavy (non-hydrogen) atoms. The van der Waals surface area contributed by atoms with Crippen molar-refractivity contribution in [3.63, 3.8) is 0 Å². The van der Waals surface area contributed by atoms with E-state index in [-0.39, 0.29) is 26.5 Å². The summed E-state index contributed by atoms with van der Waals surface area (Å²) in [5, 5.41) is 0. The van der Waals surface area contributed by atoms with Gasteiger partial charge in [0, 0.05) is 18.9 Å². The first-order chi connectivity index (χ1) is 2.41. The van der Waals surface area contributed by atoms with E-state index in [4.69, 9.17) is 0 Å². The summed E-state index contributed by atoms with van der Waals surface area (Å²) in [4.78, 5) is 4.94. The first-order valence-corrected chi connectivity index (χ1v) is 0.780. The van der Waals surface area contributed by atoms with Crippen LogP contribution in [0.15, 0.2) is 0 Å². The molecule has 2 radical (unpaired) electrons. The Labute approximate surface area is 46.1 Å². The largest absolute Gasteiger partial charge is 0.573 e. The predicted octanol–water partition coefficient (Wildman–Crippen LogP) is -0.0580. The van der Waals surface area contributed by atoms with Gasteiger partial charge in [0.25, 0.3) is 0 Å². The Morgan fingerprint density at radius 2 is 1.50 bits per heavy atom. The zero-order chi connectivity index (χ0) is 4.12. The Balaban J connectivity index is 0. The van der Waals surface area contributed by atoms with E-state index in [1.807, 2.05) is 0 Å². The van der Waals surface area contributed by atoms with E-state index in [0.717, 1.165) is 0 Å². The standard InChI is InChI=1S/BF2O2.Li/c2-4-1-5-3;. The van der Waals surface area contributed by atoms with Crippen molar-refractivity contribution in [2.45, 2.75) is 0 Å². The van der Waals surface area contributed by atoms with Crippen molar-refractivity contribution in [3.05, 3.63) is 0 Å². The zero-order valence-corrected chi connectivity index (χ0v) is 3.15. The molecule has 0 aliphatic heterocycles. The second-order valence-electron chi connectivity index (χ2n) is 0.274. The van der Waals surface area contributed by atoms with Crippen LogP contribution in [0.3, 0.4) is 0 Å². The second kappa shape index (κ2) is 9.06. The molecular formula is BF2LiO2. The molecular weight excluding hydrogens is 87.7 g/mol. The van der Waals surface area contributed by atoms with Crippen molar-refractivity contribution >= 4 is 26.5 Å². The van der Waals surface area contributed by atoms with Crippen LogP contribution < -0.4 is 0 Å². The fourth-order valence-corrected chi connectivity index (χ4v) is 0.0137. The fourth-order valence-electron chi connectivity index (χ4n) is 0.0137. The van der Waals surface area contributed by atoms with Gasteiger partial charge >= 0.3 is 7.69 Å². The van der Waals surface area contributed by atoms with Crippen LogP contribution in [0.4, 0.5) is 9.05 Å². The molecule has 0 heterocycles. The van der Waals surface area contributed by atoms with Gasteiger partial charge in [-0.3, -0.25) is 0 Å². The summed E-state index contributed by atoms with van der Waals surface area (Å²) in [6.45, 7) is 0. The van der Waals surface area contributed by atoms with Gasteiger partial charge in [-0.1, -0.05) is 9.05 Å². The van der Waals surface area contributed by atoms with Gasteiger partial charge in [0.2, 0.25) is 0 Å². The molecule has 0 bridgehead atoms. The molecule has 0 aromatic rings.